The Labute approximate surface area is 154 Å². The van der Waals surface area contributed by atoms with Crippen LogP contribution in [0.1, 0.15) is 29.5 Å². The van der Waals surface area contributed by atoms with E-state index >= 15 is 0 Å². The standard InChI is InChI=1S/C22H23N3O/c23-12-17-6-8-19(9-7-17)13-24-15-20-10-11-21(16-24)25(22(20)26)14-18-4-2-1-3-5-18/h1-9,20-21H,10-11,13-16H2/t20-,21+/m0/s1. The normalized spacial score (nSPS) is 22.9. The molecule has 0 aliphatic carbocycles. The van der Waals surface area contributed by atoms with E-state index in [2.05, 4.69) is 28.0 Å². The number of carbonyl (C=O) groups excluding carboxylic acids is 1. The van der Waals surface area contributed by atoms with Crippen molar-refractivity contribution in [1.82, 2.24) is 9.80 Å². The van der Waals surface area contributed by atoms with Crippen molar-refractivity contribution in [3.63, 3.8) is 0 Å². The van der Waals surface area contributed by atoms with Crippen LogP contribution < -0.4 is 0 Å². The molecule has 0 saturated carbocycles. The molecule has 0 aromatic heterocycles. The van der Waals surface area contributed by atoms with E-state index in [9.17, 15) is 4.79 Å². The van der Waals surface area contributed by atoms with E-state index in [0.717, 1.165) is 32.5 Å². The average Bonchev–Trinajstić information content (AvgIpc) is 2.95. The van der Waals surface area contributed by atoms with E-state index in [1.807, 2.05) is 42.5 Å². The minimum absolute atomic E-state index is 0.107. The van der Waals surface area contributed by atoms with Gasteiger partial charge in [-0.1, -0.05) is 42.5 Å². The second-order valence-electron chi connectivity index (χ2n) is 7.38. The van der Waals surface area contributed by atoms with Gasteiger partial charge >= 0.3 is 0 Å². The Morgan fingerprint density at radius 2 is 1.65 bits per heavy atom. The largest absolute Gasteiger partial charge is 0.334 e. The summed E-state index contributed by atoms with van der Waals surface area (Å²) in [5.41, 5.74) is 3.09. The molecule has 2 bridgehead atoms. The zero-order valence-electron chi connectivity index (χ0n) is 14.8. The van der Waals surface area contributed by atoms with Gasteiger partial charge in [-0.15, -0.1) is 0 Å². The molecule has 3 aliphatic heterocycles. The maximum absolute atomic E-state index is 13.0. The van der Waals surface area contributed by atoms with Crippen LogP contribution in [0.3, 0.4) is 0 Å². The molecule has 3 heterocycles. The van der Waals surface area contributed by atoms with Crippen molar-refractivity contribution < 1.29 is 4.79 Å². The van der Waals surface area contributed by atoms with Gasteiger partial charge in [0.05, 0.1) is 17.6 Å². The Morgan fingerprint density at radius 1 is 0.923 bits per heavy atom. The van der Waals surface area contributed by atoms with E-state index in [4.69, 9.17) is 5.26 Å². The summed E-state index contributed by atoms with van der Waals surface area (Å²) in [6.45, 7) is 3.31. The number of carbonyl (C=O) groups is 1. The Kier molecular flexibility index (Phi) is 4.73. The van der Waals surface area contributed by atoms with Gasteiger partial charge in [-0.3, -0.25) is 9.69 Å². The summed E-state index contributed by atoms with van der Waals surface area (Å²) in [7, 11) is 0. The SMILES string of the molecule is N#Cc1ccc(CN2C[C@@H]3CC[C@H](C2)N(Cc2ccccc2)C3=O)cc1. The number of fused-ring (bicyclic) bond motifs is 4. The molecule has 26 heavy (non-hydrogen) atoms. The van der Waals surface area contributed by atoms with E-state index in [1.54, 1.807) is 0 Å². The van der Waals surface area contributed by atoms with Crippen molar-refractivity contribution in [1.29, 1.82) is 5.26 Å². The quantitative estimate of drug-likeness (QED) is 0.855. The molecule has 4 heteroatoms. The predicted octanol–water partition coefficient (Wildman–Crippen LogP) is 3.18. The molecule has 0 spiro atoms. The molecular weight excluding hydrogens is 322 g/mol. The Morgan fingerprint density at radius 3 is 2.38 bits per heavy atom. The Balaban J connectivity index is 1.48. The molecular formula is C22H23N3O. The second kappa shape index (κ2) is 7.31. The fraction of sp³-hybridized carbons (Fsp3) is 0.364. The lowest BCUT2D eigenvalue weighted by Crippen LogP contribution is -2.47. The van der Waals surface area contributed by atoms with Gasteiger partial charge in [0.2, 0.25) is 5.91 Å². The molecule has 5 rings (SSSR count). The lowest BCUT2D eigenvalue weighted by atomic mass is 9.93. The number of amides is 1. The average molecular weight is 345 g/mol. The molecule has 0 radical (unpaired) electrons. The van der Waals surface area contributed by atoms with Gasteiger partial charge in [0.15, 0.2) is 0 Å². The summed E-state index contributed by atoms with van der Waals surface area (Å²) in [5.74, 6) is 0.420. The summed E-state index contributed by atoms with van der Waals surface area (Å²) >= 11 is 0. The van der Waals surface area contributed by atoms with Crippen LogP contribution >= 0.6 is 0 Å². The van der Waals surface area contributed by atoms with Crippen LogP contribution in [0.2, 0.25) is 0 Å². The maximum Gasteiger partial charge on any atom is 0.227 e. The van der Waals surface area contributed by atoms with Gasteiger partial charge < -0.3 is 4.90 Å². The molecule has 3 saturated heterocycles. The van der Waals surface area contributed by atoms with Gasteiger partial charge in [0.25, 0.3) is 0 Å². The van der Waals surface area contributed by atoms with Gasteiger partial charge in [-0.2, -0.15) is 5.26 Å². The lowest BCUT2D eigenvalue weighted by Gasteiger charge is -2.36. The smallest absolute Gasteiger partial charge is 0.227 e. The molecule has 3 fully saturated rings. The van der Waals surface area contributed by atoms with Crippen LogP contribution in [0.5, 0.6) is 0 Å². The summed E-state index contributed by atoms with van der Waals surface area (Å²) in [5, 5.41) is 8.94. The zero-order valence-corrected chi connectivity index (χ0v) is 14.8. The van der Waals surface area contributed by atoms with Gasteiger partial charge in [0, 0.05) is 32.2 Å². The number of nitriles is 1. The minimum Gasteiger partial charge on any atom is -0.334 e. The summed E-state index contributed by atoms with van der Waals surface area (Å²) in [4.78, 5) is 17.5. The van der Waals surface area contributed by atoms with Gasteiger partial charge in [-0.25, -0.2) is 0 Å². The molecule has 0 N–H and O–H groups in total. The fourth-order valence-corrected chi connectivity index (χ4v) is 4.19. The number of piperidine rings is 1. The van der Waals surface area contributed by atoms with Crippen LogP contribution in [-0.2, 0) is 17.9 Å². The number of nitrogens with zero attached hydrogens (tertiary/aromatic N) is 3. The van der Waals surface area contributed by atoms with E-state index in [1.165, 1.54) is 11.1 Å². The number of rotatable bonds is 4. The van der Waals surface area contributed by atoms with Gasteiger partial charge in [-0.05, 0) is 36.1 Å². The number of benzene rings is 2. The van der Waals surface area contributed by atoms with E-state index in [0.29, 0.717) is 24.1 Å². The monoisotopic (exact) mass is 345 g/mol. The van der Waals surface area contributed by atoms with Crippen molar-refractivity contribution >= 4 is 5.91 Å². The molecule has 4 nitrogen and oxygen atoms in total. The molecule has 2 aromatic carbocycles. The van der Waals surface area contributed by atoms with Crippen LogP contribution in [0.15, 0.2) is 54.6 Å². The molecule has 0 unspecified atom stereocenters. The first-order valence-corrected chi connectivity index (χ1v) is 9.29. The molecule has 1 amide bonds. The maximum atomic E-state index is 13.0. The fourth-order valence-electron chi connectivity index (χ4n) is 4.19. The second-order valence-corrected chi connectivity index (χ2v) is 7.38. The Bertz CT molecular complexity index is 810. The summed E-state index contributed by atoms with van der Waals surface area (Å²) < 4.78 is 0. The molecule has 132 valence electrons. The van der Waals surface area contributed by atoms with Crippen molar-refractivity contribution in [3.05, 3.63) is 71.3 Å². The van der Waals surface area contributed by atoms with Crippen molar-refractivity contribution in [2.24, 2.45) is 5.92 Å². The van der Waals surface area contributed by atoms with Crippen molar-refractivity contribution in [2.45, 2.75) is 32.0 Å². The lowest BCUT2D eigenvalue weighted by molar-refractivity contribution is -0.140. The summed E-state index contributed by atoms with van der Waals surface area (Å²) in [6.07, 6.45) is 2.09. The first-order chi connectivity index (χ1) is 12.7. The van der Waals surface area contributed by atoms with Crippen LogP contribution in [0, 0.1) is 17.2 Å². The third kappa shape index (κ3) is 3.49. The highest BCUT2D eigenvalue weighted by Gasteiger charge is 2.40. The minimum atomic E-state index is 0.107. The third-order valence-electron chi connectivity index (χ3n) is 5.55. The molecule has 3 aliphatic rings. The highest BCUT2D eigenvalue weighted by molar-refractivity contribution is 5.80. The van der Waals surface area contributed by atoms with Crippen molar-refractivity contribution in [2.75, 3.05) is 13.1 Å². The molecule has 2 atom stereocenters. The van der Waals surface area contributed by atoms with E-state index < -0.39 is 0 Å². The predicted molar refractivity (Wildman–Crippen MR) is 99.9 cm³/mol. The first-order valence-electron chi connectivity index (χ1n) is 9.29. The van der Waals surface area contributed by atoms with Crippen molar-refractivity contribution in [3.8, 4) is 6.07 Å². The van der Waals surface area contributed by atoms with Crippen LogP contribution in [-0.4, -0.2) is 34.8 Å². The van der Waals surface area contributed by atoms with Crippen LogP contribution in [0.25, 0.3) is 0 Å². The number of hydrogen-bond acceptors (Lipinski definition) is 3. The highest BCUT2D eigenvalue weighted by Crippen LogP contribution is 2.31. The number of hydrogen-bond donors (Lipinski definition) is 0. The van der Waals surface area contributed by atoms with Gasteiger partial charge in [0.1, 0.15) is 0 Å². The third-order valence-corrected chi connectivity index (χ3v) is 5.55. The highest BCUT2D eigenvalue weighted by atomic mass is 16.2. The van der Waals surface area contributed by atoms with Crippen LogP contribution in [0.4, 0.5) is 0 Å². The first kappa shape index (κ1) is 16.8. The Hall–Kier alpha value is -2.64. The van der Waals surface area contributed by atoms with E-state index in [-0.39, 0.29) is 5.92 Å². The molecule has 2 aromatic rings. The topological polar surface area (TPSA) is 47.3 Å². The zero-order chi connectivity index (χ0) is 17.9. The summed E-state index contributed by atoms with van der Waals surface area (Å²) in [6, 6.07) is 20.5.